The van der Waals surface area contributed by atoms with Crippen molar-refractivity contribution in [2.24, 2.45) is 0 Å². The number of hydrogen-bond donors (Lipinski definition) is 1. The Hall–Kier alpha value is -3.68. The van der Waals surface area contributed by atoms with Crippen molar-refractivity contribution in [2.75, 3.05) is 11.9 Å². The number of anilines is 1. The Labute approximate surface area is 165 Å². The zero-order valence-corrected chi connectivity index (χ0v) is 15.9. The third-order valence-electron chi connectivity index (χ3n) is 4.43. The molecule has 0 aliphatic rings. The number of carbonyl (C=O) groups excluding carboxylic acids is 1. The molecule has 7 nitrogen and oxygen atoms in total. The molecule has 0 fully saturated rings. The van der Waals surface area contributed by atoms with Gasteiger partial charge in [-0.3, -0.25) is 10.1 Å². The predicted octanol–water partition coefficient (Wildman–Crippen LogP) is 4.97. The highest BCUT2D eigenvalue weighted by molar-refractivity contribution is 6.07. The number of aromatic nitrogens is 2. The summed E-state index contributed by atoms with van der Waals surface area (Å²) in [5.41, 5.74) is 2.04. The van der Waals surface area contributed by atoms with Gasteiger partial charge in [0.25, 0.3) is 5.91 Å². The van der Waals surface area contributed by atoms with Crippen LogP contribution in [0.15, 0.2) is 51.5 Å². The van der Waals surface area contributed by atoms with E-state index in [2.05, 4.69) is 15.6 Å². The second-order valence-electron chi connectivity index (χ2n) is 6.49. The van der Waals surface area contributed by atoms with Gasteiger partial charge in [0.1, 0.15) is 17.1 Å². The Balaban J connectivity index is 1.58. The van der Waals surface area contributed by atoms with Crippen LogP contribution < -0.4 is 10.1 Å². The molecule has 2 aromatic heterocycles. The molecule has 1 N–H and O–H groups in total. The SMILES string of the molecule is CCCOc1ccc(-c2nonc2NC(=O)c2oc3ccc(F)cc3c2C)cc1. The monoisotopic (exact) mass is 395 g/mol. The van der Waals surface area contributed by atoms with Gasteiger partial charge in [0.2, 0.25) is 5.82 Å². The fourth-order valence-electron chi connectivity index (χ4n) is 2.96. The van der Waals surface area contributed by atoms with Crippen molar-refractivity contribution in [3.05, 3.63) is 59.6 Å². The minimum Gasteiger partial charge on any atom is -0.494 e. The van der Waals surface area contributed by atoms with Crippen molar-refractivity contribution < 1.29 is 23.0 Å². The Kier molecular flexibility index (Phi) is 4.99. The maximum absolute atomic E-state index is 13.5. The van der Waals surface area contributed by atoms with Crippen LogP contribution in [-0.4, -0.2) is 22.8 Å². The summed E-state index contributed by atoms with van der Waals surface area (Å²) in [6.07, 6.45) is 0.916. The number of aryl methyl sites for hydroxylation is 1. The van der Waals surface area contributed by atoms with Crippen LogP contribution in [0.1, 0.15) is 29.5 Å². The standard InChI is InChI=1S/C21H18FN3O4/c1-3-10-27-15-7-4-13(5-8-15)18-20(25-29-24-18)23-21(26)19-12(2)16-11-14(22)6-9-17(16)28-19/h4-9,11H,3,10H2,1-2H3,(H,23,25,26). The molecule has 0 saturated carbocycles. The Morgan fingerprint density at radius 2 is 1.97 bits per heavy atom. The van der Waals surface area contributed by atoms with Gasteiger partial charge in [0.15, 0.2) is 11.5 Å². The maximum Gasteiger partial charge on any atom is 0.292 e. The molecule has 0 aliphatic heterocycles. The number of nitrogens with zero attached hydrogens (tertiary/aromatic N) is 2. The molecule has 1 amide bonds. The van der Waals surface area contributed by atoms with E-state index in [1.807, 2.05) is 19.1 Å². The number of ether oxygens (including phenoxy) is 1. The van der Waals surface area contributed by atoms with Gasteiger partial charge in [0.05, 0.1) is 6.61 Å². The Bertz CT molecular complexity index is 1160. The van der Waals surface area contributed by atoms with Crippen molar-refractivity contribution >= 4 is 22.7 Å². The first-order chi connectivity index (χ1) is 14.1. The predicted molar refractivity (Wildman–Crippen MR) is 104 cm³/mol. The summed E-state index contributed by atoms with van der Waals surface area (Å²) in [4.78, 5) is 12.7. The van der Waals surface area contributed by atoms with Gasteiger partial charge >= 0.3 is 0 Å². The van der Waals surface area contributed by atoms with E-state index in [1.54, 1.807) is 19.1 Å². The number of benzene rings is 2. The van der Waals surface area contributed by atoms with Gasteiger partial charge in [-0.15, -0.1) is 0 Å². The molecule has 2 heterocycles. The summed E-state index contributed by atoms with van der Waals surface area (Å²) in [5.74, 6) is 0.0376. The Morgan fingerprint density at radius 3 is 2.72 bits per heavy atom. The quantitative estimate of drug-likeness (QED) is 0.496. The van der Waals surface area contributed by atoms with Gasteiger partial charge in [0, 0.05) is 16.5 Å². The zero-order valence-electron chi connectivity index (χ0n) is 15.9. The van der Waals surface area contributed by atoms with Crippen LogP contribution in [0.3, 0.4) is 0 Å². The minimum absolute atomic E-state index is 0.0721. The highest BCUT2D eigenvalue weighted by Crippen LogP contribution is 2.29. The molecule has 0 bridgehead atoms. The van der Waals surface area contributed by atoms with Crippen LogP contribution in [0.4, 0.5) is 10.2 Å². The van der Waals surface area contributed by atoms with Crippen LogP contribution in [0.5, 0.6) is 5.75 Å². The smallest absolute Gasteiger partial charge is 0.292 e. The normalized spacial score (nSPS) is 11.0. The molecule has 0 unspecified atom stereocenters. The van der Waals surface area contributed by atoms with Gasteiger partial charge in [-0.1, -0.05) is 6.92 Å². The number of amides is 1. The lowest BCUT2D eigenvalue weighted by Gasteiger charge is -2.05. The summed E-state index contributed by atoms with van der Waals surface area (Å²) >= 11 is 0. The molecule has 0 saturated heterocycles. The number of halogens is 1. The first kappa shape index (κ1) is 18.7. The van der Waals surface area contributed by atoms with E-state index in [9.17, 15) is 9.18 Å². The van der Waals surface area contributed by atoms with E-state index in [0.29, 0.717) is 34.4 Å². The third kappa shape index (κ3) is 3.69. The number of fused-ring (bicyclic) bond motifs is 1. The number of furan rings is 1. The largest absolute Gasteiger partial charge is 0.494 e. The molecule has 0 aliphatic carbocycles. The highest BCUT2D eigenvalue weighted by atomic mass is 19.1. The molecule has 4 aromatic rings. The Morgan fingerprint density at radius 1 is 1.17 bits per heavy atom. The van der Waals surface area contributed by atoms with E-state index >= 15 is 0 Å². The lowest BCUT2D eigenvalue weighted by molar-refractivity contribution is 0.0997. The summed E-state index contributed by atoms with van der Waals surface area (Å²) in [7, 11) is 0. The van der Waals surface area contributed by atoms with Gasteiger partial charge in [-0.2, -0.15) is 0 Å². The summed E-state index contributed by atoms with van der Waals surface area (Å²) in [6.45, 7) is 4.36. The van der Waals surface area contributed by atoms with Crippen LogP contribution in [0, 0.1) is 12.7 Å². The molecule has 4 rings (SSSR count). The summed E-state index contributed by atoms with van der Waals surface area (Å²) < 4.78 is 29.5. The topological polar surface area (TPSA) is 90.4 Å². The molecule has 29 heavy (non-hydrogen) atoms. The van der Waals surface area contributed by atoms with E-state index in [0.717, 1.165) is 12.2 Å². The van der Waals surface area contributed by atoms with Crippen molar-refractivity contribution in [2.45, 2.75) is 20.3 Å². The van der Waals surface area contributed by atoms with Gasteiger partial charge in [-0.05, 0) is 66.1 Å². The second kappa shape index (κ2) is 7.75. The van der Waals surface area contributed by atoms with E-state index < -0.39 is 11.7 Å². The average Bonchev–Trinajstić information content (AvgIpc) is 3.31. The zero-order chi connectivity index (χ0) is 20.4. The second-order valence-corrected chi connectivity index (χ2v) is 6.49. The van der Waals surface area contributed by atoms with E-state index in [1.165, 1.54) is 18.2 Å². The van der Waals surface area contributed by atoms with E-state index in [4.69, 9.17) is 13.8 Å². The van der Waals surface area contributed by atoms with Crippen LogP contribution >= 0.6 is 0 Å². The highest BCUT2D eigenvalue weighted by Gasteiger charge is 2.22. The number of carbonyl (C=O) groups is 1. The first-order valence-corrected chi connectivity index (χ1v) is 9.12. The fourth-order valence-corrected chi connectivity index (χ4v) is 2.96. The van der Waals surface area contributed by atoms with Gasteiger partial charge < -0.3 is 9.15 Å². The molecule has 0 atom stereocenters. The van der Waals surface area contributed by atoms with Crippen molar-refractivity contribution in [3.8, 4) is 17.0 Å². The maximum atomic E-state index is 13.5. The third-order valence-corrected chi connectivity index (χ3v) is 4.43. The number of nitrogens with one attached hydrogen (secondary N) is 1. The number of rotatable bonds is 6. The van der Waals surface area contributed by atoms with Crippen LogP contribution in [0.2, 0.25) is 0 Å². The van der Waals surface area contributed by atoms with Crippen molar-refractivity contribution in [1.82, 2.24) is 10.3 Å². The molecular formula is C21H18FN3O4. The minimum atomic E-state index is -0.529. The fraction of sp³-hybridized carbons (Fsp3) is 0.190. The number of hydrogen-bond acceptors (Lipinski definition) is 6. The molecular weight excluding hydrogens is 377 g/mol. The molecule has 0 spiro atoms. The van der Waals surface area contributed by atoms with E-state index in [-0.39, 0.29) is 11.6 Å². The lowest BCUT2D eigenvalue weighted by Crippen LogP contribution is -2.13. The first-order valence-electron chi connectivity index (χ1n) is 9.12. The average molecular weight is 395 g/mol. The molecule has 8 heteroatoms. The van der Waals surface area contributed by atoms with Crippen molar-refractivity contribution in [1.29, 1.82) is 0 Å². The van der Waals surface area contributed by atoms with Crippen LogP contribution in [0.25, 0.3) is 22.2 Å². The summed E-state index contributed by atoms with van der Waals surface area (Å²) in [5, 5.41) is 10.8. The molecule has 2 aromatic carbocycles. The van der Waals surface area contributed by atoms with Crippen molar-refractivity contribution in [3.63, 3.8) is 0 Å². The van der Waals surface area contributed by atoms with Gasteiger partial charge in [-0.25, -0.2) is 9.02 Å². The lowest BCUT2D eigenvalue weighted by atomic mass is 10.1. The van der Waals surface area contributed by atoms with Crippen LogP contribution in [-0.2, 0) is 0 Å². The molecule has 0 radical (unpaired) electrons. The molecule has 148 valence electrons. The summed E-state index contributed by atoms with van der Waals surface area (Å²) in [6, 6.07) is 11.3.